The number of carbonyl (C=O) groups excluding carboxylic acids is 2. The first-order chi connectivity index (χ1) is 6.04. The van der Waals surface area contributed by atoms with E-state index in [2.05, 4.69) is 5.32 Å². The van der Waals surface area contributed by atoms with Crippen molar-refractivity contribution in [1.29, 1.82) is 0 Å². The number of carbonyl (C=O) groups is 2. The highest BCUT2D eigenvalue weighted by molar-refractivity contribution is 5.96. The molecule has 0 aliphatic rings. The van der Waals surface area contributed by atoms with Gasteiger partial charge in [-0.2, -0.15) is 0 Å². The summed E-state index contributed by atoms with van der Waals surface area (Å²) >= 11 is 0. The second-order valence-electron chi connectivity index (χ2n) is 5.44. The Kier molecular flexibility index (Phi) is 3.68. The molecule has 0 unspecified atom stereocenters. The van der Waals surface area contributed by atoms with Gasteiger partial charge in [-0.3, -0.25) is 10.1 Å². The minimum Gasteiger partial charge on any atom is -0.351 e. The number of imide groups is 1. The van der Waals surface area contributed by atoms with Crippen LogP contribution in [0.25, 0.3) is 0 Å². The Labute approximate surface area is 85.2 Å². The van der Waals surface area contributed by atoms with Gasteiger partial charge in [-0.1, -0.05) is 34.6 Å². The van der Waals surface area contributed by atoms with Crippen LogP contribution in [-0.2, 0) is 4.79 Å². The third-order valence-corrected chi connectivity index (χ3v) is 1.82. The van der Waals surface area contributed by atoms with Gasteiger partial charge in [0.05, 0.1) is 0 Å². The maximum absolute atomic E-state index is 11.5. The molecule has 0 saturated heterocycles. The number of amides is 3. The molecule has 0 aromatic heterocycles. The molecule has 0 aliphatic heterocycles. The Balaban J connectivity index is 4.46. The van der Waals surface area contributed by atoms with Gasteiger partial charge in [0.25, 0.3) is 0 Å². The van der Waals surface area contributed by atoms with Crippen molar-refractivity contribution in [2.75, 3.05) is 0 Å². The van der Waals surface area contributed by atoms with Crippen LogP contribution in [0.4, 0.5) is 4.79 Å². The summed E-state index contributed by atoms with van der Waals surface area (Å²) in [5.41, 5.74) is 4.35. The largest absolute Gasteiger partial charge is 0.351 e. The summed E-state index contributed by atoms with van der Waals surface area (Å²) in [4.78, 5) is 22.1. The molecule has 0 bridgehead atoms. The van der Waals surface area contributed by atoms with Crippen molar-refractivity contribution >= 4 is 11.9 Å². The number of hydrogen-bond acceptors (Lipinski definition) is 2. The Hall–Kier alpha value is -1.06. The Morgan fingerprint density at radius 2 is 1.57 bits per heavy atom. The van der Waals surface area contributed by atoms with E-state index in [1.54, 1.807) is 13.8 Å². The lowest BCUT2D eigenvalue weighted by molar-refractivity contribution is -0.129. The first-order valence-corrected chi connectivity index (χ1v) is 4.65. The third-order valence-electron chi connectivity index (χ3n) is 1.82. The van der Waals surface area contributed by atoms with E-state index < -0.39 is 11.4 Å². The fourth-order valence-electron chi connectivity index (χ4n) is 1.69. The van der Waals surface area contributed by atoms with Crippen LogP contribution in [0, 0.1) is 10.8 Å². The number of primary amides is 1. The number of nitrogens with one attached hydrogen (secondary N) is 1. The second kappa shape index (κ2) is 3.98. The fraction of sp³-hybridized carbons (Fsp3) is 0.800. The lowest BCUT2D eigenvalue weighted by Gasteiger charge is -2.30. The maximum Gasteiger partial charge on any atom is 0.318 e. The van der Waals surface area contributed by atoms with E-state index in [4.69, 9.17) is 5.73 Å². The van der Waals surface area contributed by atoms with Crippen LogP contribution in [0.1, 0.15) is 41.0 Å². The smallest absolute Gasteiger partial charge is 0.318 e. The van der Waals surface area contributed by atoms with Gasteiger partial charge in [-0.25, -0.2) is 4.79 Å². The Bertz CT molecular complexity index is 239. The van der Waals surface area contributed by atoms with Crippen molar-refractivity contribution < 1.29 is 9.59 Å². The monoisotopic (exact) mass is 200 g/mol. The third kappa shape index (κ3) is 4.84. The molecule has 3 N–H and O–H groups in total. The first kappa shape index (κ1) is 12.9. The minimum atomic E-state index is -0.794. The maximum atomic E-state index is 11.5. The molecule has 0 spiro atoms. The van der Waals surface area contributed by atoms with E-state index in [1.165, 1.54) is 0 Å². The van der Waals surface area contributed by atoms with Crippen LogP contribution in [0.5, 0.6) is 0 Å². The minimum absolute atomic E-state index is 0.0402. The summed E-state index contributed by atoms with van der Waals surface area (Å²) in [6.07, 6.45) is 0.694. The van der Waals surface area contributed by atoms with Crippen molar-refractivity contribution in [1.82, 2.24) is 5.32 Å². The zero-order valence-corrected chi connectivity index (χ0v) is 9.60. The predicted molar refractivity (Wildman–Crippen MR) is 55.6 cm³/mol. The van der Waals surface area contributed by atoms with Gasteiger partial charge < -0.3 is 5.73 Å². The average Bonchev–Trinajstić information content (AvgIpc) is 1.78. The van der Waals surface area contributed by atoms with Crippen molar-refractivity contribution in [3.05, 3.63) is 0 Å². The van der Waals surface area contributed by atoms with E-state index in [0.29, 0.717) is 6.42 Å². The van der Waals surface area contributed by atoms with Crippen LogP contribution >= 0.6 is 0 Å². The normalized spacial score (nSPS) is 12.4. The SMILES string of the molecule is CC(C)(C)CC(C)(C)C(=O)NC(N)=O. The summed E-state index contributed by atoms with van der Waals surface area (Å²) in [6, 6.07) is -0.794. The van der Waals surface area contributed by atoms with Gasteiger partial charge in [-0.05, 0) is 11.8 Å². The van der Waals surface area contributed by atoms with E-state index in [0.717, 1.165) is 0 Å². The molecule has 4 nitrogen and oxygen atoms in total. The van der Waals surface area contributed by atoms with E-state index in [1.807, 2.05) is 20.8 Å². The zero-order valence-electron chi connectivity index (χ0n) is 9.60. The molecule has 0 rings (SSSR count). The van der Waals surface area contributed by atoms with Crippen molar-refractivity contribution in [3.8, 4) is 0 Å². The standard InChI is InChI=1S/C10H20N2O2/c1-9(2,3)6-10(4,5)7(13)12-8(11)14/h6H2,1-5H3,(H3,11,12,13,14). The highest BCUT2D eigenvalue weighted by atomic mass is 16.2. The lowest BCUT2D eigenvalue weighted by Crippen LogP contribution is -2.44. The molecular weight excluding hydrogens is 180 g/mol. The quantitative estimate of drug-likeness (QED) is 0.711. The first-order valence-electron chi connectivity index (χ1n) is 4.65. The van der Waals surface area contributed by atoms with Crippen LogP contribution in [0.2, 0.25) is 0 Å². The number of hydrogen-bond donors (Lipinski definition) is 2. The topological polar surface area (TPSA) is 72.2 Å². The second-order valence-corrected chi connectivity index (χ2v) is 5.44. The van der Waals surface area contributed by atoms with Crippen molar-refractivity contribution in [3.63, 3.8) is 0 Å². The molecule has 14 heavy (non-hydrogen) atoms. The van der Waals surface area contributed by atoms with Gasteiger partial charge in [-0.15, -0.1) is 0 Å². The van der Waals surface area contributed by atoms with Crippen LogP contribution < -0.4 is 11.1 Å². The predicted octanol–water partition coefficient (Wildman–Crippen LogP) is 1.64. The van der Waals surface area contributed by atoms with Crippen molar-refractivity contribution in [2.45, 2.75) is 41.0 Å². The van der Waals surface area contributed by atoms with Crippen molar-refractivity contribution in [2.24, 2.45) is 16.6 Å². The molecular formula is C10H20N2O2. The Morgan fingerprint density at radius 3 is 1.86 bits per heavy atom. The summed E-state index contributed by atoms with van der Waals surface area (Å²) in [5, 5.41) is 2.11. The zero-order chi connectivity index (χ0) is 11.6. The molecule has 0 fully saturated rings. The van der Waals surface area contributed by atoms with E-state index in [-0.39, 0.29) is 11.3 Å². The molecule has 82 valence electrons. The van der Waals surface area contributed by atoms with Crippen LogP contribution in [0.3, 0.4) is 0 Å². The number of nitrogens with two attached hydrogens (primary N) is 1. The molecule has 0 radical (unpaired) electrons. The Morgan fingerprint density at radius 1 is 1.14 bits per heavy atom. The van der Waals surface area contributed by atoms with Gasteiger partial charge in [0.1, 0.15) is 0 Å². The summed E-state index contributed by atoms with van der Waals surface area (Å²) in [6.45, 7) is 9.75. The van der Waals surface area contributed by atoms with Gasteiger partial charge in [0.2, 0.25) is 5.91 Å². The van der Waals surface area contributed by atoms with Crippen LogP contribution in [-0.4, -0.2) is 11.9 Å². The highest BCUT2D eigenvalue weighted by Gasteiger charge is 2.32. The number of rotatable bonds is 2. The average molecular weight is 200 g/mol. The van der Waals surface area contributed by atoms with E-state index >= 15 is 0 Å². The summed E-state index contributed by atoms with van der Waals surface area (Å²) in [5.74, 6) is -0.320. The summed E-state index contributed by atoms with van der Waals surface area (Å²) < 4.78 is 0. The van der Waals surface area contributed by atoms with Gasteiger partial charge >= 0.3 is 6.03 Å². The molecule has 3 amide bonds. The molecule has 4 heteroatoms. The number of urea groups is 1. The molecule has 0 heterocycles. The molecule has 0 aromatic carbocycles. The molecule has 0 saturated carbocycles. The molecule has 0 aliphatic carbocycles. The van der Waals surface area contributed by atoms with Gasteiger partial charge in [0.15, 0.2) is 0 Å². The van der Waals surface area contributed by atoms with Gasteiger partial charge in [0, 0.05) is 5.41 Å². The van der Waals surface area contributed by atoms with E-state index in [9.17, 15) is 9.59 Å². The molecule has 0 aromatic rings. The molecule has 0 atom stereocenters. The lowest BCUT2D eigenvalue weighted by atomic mass is 9.76. The van der Waals surface area contributed by atoms with Crippen LogP contribution in [0.15, 0.2) is 0 Å². The fourth-order valence-corrected chi connectivity index (χ4v) is 1.69. The summed E-state index contributed by atoms with van der Waals surface area (Å²) in [7, 11) is 0. The highest BCUT2D eigenvalue weighted by Crippen LogP contribution is 2.33.